The first-order chi connectivity index (χ1) is 13.8. The van der Waals surface area contributed by atoms with Gasteiger partial charge in [0.05, 0.1) is 16.3 Å². The number of alkyl halides is 1. The van der Waals surface area contributed by atoms with Crippen molar-refractivity contribution in [3.8, 4) is 16.9 Å². The predicted octanol–water partition coefficient (Wildman–Crippen LogP) is 7.70. The predicted molar refractivity (Wildman–Crippen MR) is 125 cm³/mol. The average Bonchev–Trinajstić information content (AvgIpc) is 2.72. The van der Waals surface area contributed by atoms with Gasteiger partial charge in [0, 0.05) is 17.5 Å². The third kappa shape index (κ3) is 3.97. The molecule has 0 aliphatic rings. The zero-order valence-corrected chi connectivity index (χ0v) is 19.1. The first kappa shape index (κ1) is 21.9. The molecule has 3 rings (SSSR count). The van der Waals surface area contributed by atoms with Crippen LogP contribution in [0.3, 0.4) is 0 Å². The first-order valence-corrected chi connectivity index (χ1v) is 10.5. The van der Waals surface area contributed by atoms with Gasteiger partial charge in [0.1, 0.15) is 16.9 Å². The smallest absolute Gasteiger partial charge is 0.327 e. The summed E-state index contributed by atoms with van der Waals surface area (Å²) in [5, 5.41) is 10.6. The Bertz CT molecular complexity index is 1090. The number of aryl methyl sites for hydroxylation is 2. The minimum absolute atomic E-state index is 0.00282. The van der Waals surface area contributed by atoms with Gasteiger partial charge in [0.25, 0.3) is 0 Å². The molecule has 150 valence electrons. The molecule has 7 heteroatoms. The maximum Gasteiger partial charge on any atom is 0.327 e. The fourth-order valence-electron chi connectivity index (χ4n) is 3.47. The second-order valence-electron chi connectivity index (χ2n) is 6.55. The van der Waals surface area contributed by atoms with E-state index in [-0.39, 0.29) is 26.7 Å². The Morgan fingerprint density at radius 3 is 2.21 bits per heavy atom. The number of aromatic nitrogens is 1. The Kier molecular flexibility index (Phi) is 6.75. The first-order valence-electron chi connectivity index (χ1n) is 8.87. The number of halogens is 4. The highest BCUT2D eigenvalue weighted by molar-refractivity contribution is 6.46. The summed E-state index contributed by atoms with van der Waals surface area (Å²) < 4.78 is 2.03. The van der Waals surface area contributed by atoms with Crippen LogP contribution < -0.4 is 4.58 Å². The van der Waals surface area contributed by atoms with Crippen molar-refractivity contribution in [3.05, 3.63) is 68.3 Å². The SMILES string of the molecule is CC=[N+](c1ccccn1)c1c(C)cc(-c2c(Cl)c(O)c(Cl)c(Cl)c2CCl)cc1C. The molecule has 0 atom stereocenters. The molecule has 0 aliphatic heterocycles. The molecular formula is C22H19Cl4N2O+. The largest absolute Gasteiger partial charge is 0.505 e. The third-order valence-corrected chi connectivity index (χ3v) is 6.22. The van der Waals surface area contributed by atoms with Gasteiger partial charge >= 0.3 is 5.82 Å². The molecule has 3 aromatic rings. The molecule has 1 heterocycles. The molecule has 0 spiro atoms. The van der Waals surface area contributed by atoms with E-state index in [1.54, 1.807) is 6.20 Å². The Hall–Kier alpha value is -1.78. The van der Waals surface area contributed by atoms with Crippen molar-refractivity contribution >= 4 is 64.1 Å². The molecule has 1 N–H and O–H groups in total. The van der Waals surface area contributed by atoms with Gasteiger partial charge in [-0.3, -0.25) is 0 Å². The van der Waals surface area contributed by atoms with Crippen molar-refractivity contribution in [1.82, 2.24) is 9.56 Å². The standard InChI is InChI=1S/C22H18Cl4N2O/c1-4-28(16-7-5-6-8-27-16)21-12(2)9-14(10-13(21)3)17-15(11-23)18(24)20(26)22(29)19(17)25/h4-10H,11H2,1-3H3/p+1. The highest BCUT2D eigenvalue weighted by Crippen LogP contribution is 2.48. The lowest BCUT2D eigenvalue weighted by molar-refractivity contribution is 0.476. The van der Waals surface area contributed by atoms with Gasteiger partial charge in [-0.15, -0.1) is 11.6 Å². The monoisotopic (exact) mass is 467 g/mol. The molecule has 0 fully saturated rings. The van der Waals surface area contributed by atoms with Gasteiger partial charge < -0.3 is 5.11 Å². The number of aromatic hydroxyl groups is 1. The van der Waals surface area contributed by atoms with Gasteiger partial charge in [-0.2, -0.15) is 0 Å². The molecule has 0 bridgehead atoms. The van der Waals surface area contributed by atoms with Crippen LogP contribution in [0.1, 0.15) is 23.6 Å². The number of benzene rings is 2. The van der Waals surface area contributed by atoms with Crippen LogP contribution in [-0.4, -0.2) is 16.3 Å². The zero-order chi connectivity index (χ0) is 21.3. The van der Waals surface area contributed by atoms with Crippen LogP contribution in [-0.2, 0) is 5.88 Å². The Balaban J connectivity index is 2.25. The molecule has 0 radical (unpaired) electrons. The minimum atomic E-state index is -0.251. The lowest BCUT2D eigenvalue weighted by Crippen LogP contribution is -2.09. The maximum absolute atomic E-state index is 10.3. The third-order valence-electron chi connectivity index (χ3n) is 4.70. The quantitative estimate of drug-likeness (QED) is 0.184. The number of nitrogens with zero attached hydrogens (tertiary/aromatic N) is 2. The molecule has 0 amide bonds. The lowest BCUT2D eigenvalue weighted by Gasteiger charge is -2.18. The van der Waals surface area contributed by atoms with Gasteiger partial charge in [-0.1, -0.05) is 40.9 Å². The van der Waals surface area contributed by atoms with E-state index in [4.69, 9.17) is 46.4 Å². The number of pyridine rings is 1. The molecule has 1 aromatic heterocycles. The van der Waals surface area contributed by atoms with Crippen LogP contribution in [0.25, 0.3) is 11.1 Å². The van der Waals surface area contributed by atoms with Crippen molar-refractivity contribution < 1.29 is 5.11 Å². The Morgan fingerprint density at radius 1 is 1.03 bits per heavy atom. The average molecular weight is 469 g/mol. The van der Waals surface area contributed by atoms with E-state index in [1.807, 2.05) is 61.9 Å². The van der Waals surface area contributed by atoms with Crippen LogP contribution in [0.2, 0.25) is 15.1 Å². The molecule has 0 saturated carbocycles. The number of hydrogen-bond acceptors (Lipinski definition) is 2. The fraction of sp³-hybridized carbons (Fsp3) is 0.182. The number of rotatable bonds is 4. The lowest BCUT2D eigenvalue weighted by atomic mass is 9.95. The summed E-state index contributed by atoms with van der Waals surface area (Å²) in [6.45, 7) is 5.98. The molecular weight excluding hydrogens is 450 g/mol. The van der Waals surface area contributed by atoms with Crippen LogP contribution >= 0.6 is 46.4 Å². The van der Waals surface area contributed by atoms with E-state index >= 15 is 0 Å². The van der Waals surface area contributed by atoms with E-state index < -0.39 is 0 Å². The number of phenols is 1. The Morgan fingerprint density at radius 2 is 1.69 bits per heavy atom. The van der Waals surface area contributed by atoms with Crippen molar-refractivity contribution in [2.75, 3.05) is 0 Å². The molecule has 0 saturated heterocycles. The van der Waals surface area contributed by atoms with E-state index in [9.17, 15) is 5.11 Å². The molecule has 2 aromatic carbocycles. The summed E-state index contributed by atoms with van der Waals surface area (Å²) in [5.41, 5.74) is 4.99. The van der Waals surface area contributed by atoms with E-state index in [2.05, 4.69) is 4.98 Å². The summed E-state index contributed by atoms with van der Waals surface area (Å²) in [4.78, 5) is 4.45. The fourth-order valence-corrected chi connectivity index (χ4v) is 4.63. The Labute approximate surface area is 190 Å². The van der Waals surface area contributed by atoms with Crippen molar-refractivity contribution in [2.24, 2.45) is 0 Å². The molecule has 0 unspecified atom stereocenters. The molecule has 0 aliphatic carbocycles. The topological polar surface area (TPSA) is 36.1 Å². The van der Waals surface area contributed by atoms with Crippen LogP contribution in [0.15, 0.2) is 36.5 Å². The van der Waals surface area contributed by atoms with Crippen LogP contribution in [0.5, 0.6) is 5.75 Å². The van der Waals surface area contributed by atoms with Crippen molar-refractivity contribution in [2.45, 2.75) is 26.7 Å². The van der Waals surface area contributed by atoms with Crippen molar-refractivity contribution in [1.29, 1.82) is 0 Å². The summed E-state index contributed by atoms with van der Waals surface area (Å²) in [6, 6.07) is 9.76. The zero-order valence-electron chi connectivity index (χ0n) is 16.1. The minimum Gasteiger partial charge on any atom is -0.505 e. The highest BCUT2D eigenvalue weighted by atomic mass is 35.5. The normalized spacial score (nSPS) is 11.8. The summed E-state index contributed by atoms with van der Waals surface area (Å²) in [6.07, 6.45) is 3.73. The van der Waals surface area contributed by atoms with Crippen LogP contribution in [0, 0.1) is 13.8 Å². The molecule has 29 heavy (non-hydrogen) atoms. The van der Waals surface area contributed by atoms with Gasteiger partial charge in [0.2, 0.25) is 0 Å². The maximum atomic E-state index is 10.3. The summed E-state index contributed by atoms with van der Waals surface area (Å²) in [7, 11) is 0. The van der Waals surface area contributed by atoms with E-state index in [0.29, 0.717) is 11.1 Å². The second kappa shape index (κ2) is 8.93. The molecule has 3 nitrogen and oxygen atoms in total. The number of hydrogen-bond donors (Lipinski definition) is 1. The van der Waals surface area contributed by atoms with Gasteiger partial charge in [-0.05, 0) is 66.2 Å². The number of phenolic OH excluding ortho intramolecular Hbond substituents is 1. The highest BCUT2D eigenvalue weighted by Gasteiger charge is 2.24. The van der Waals surface area contributed by atoms with Crippen molar-refractivity contribution in [3.63, 3.8) is 0 Å². The van der Waals surface area contributed by atoms with Gasteiger partial charge in [-0.25, -0.2) is 4.58 Å². The summed E-state index contributed by atoms with van der Waals surface area (Å²) >= 11 is 25.0. The van der Waals surface area contributed by atoms with Crippen LogP contribution in [0.4, 0.5) is 11.5 Å². The summed E-state index contributed by atoms with van der Waals surface area (Å²) in [5.74, 6) is 0.676. The van der Waals surface area contributed by atoms with E-state index in [0.717, 1.165) is 28.2 Å². The van der Waals surface area contributed by atoms with E-state index in [1.165, 1.54) is 0 Å². The van der Waals surface area contributed by atoms with Gasteiger partial charge in [0.15, 0.2) is 5.75 Å². The second-order valence-corrected chi connectivity index (χ2v) is 7.95.